The van der Waals surface area contributed by atoms with Crippen LogP contribution in [0.1, 0.15) is 25.7 Å². The Hall–Kier alpha value is 0.190. The summed E-state index contributed by atoms with van der Waals surface area (Å²) in [7, 11) is -3.40. The zero-order chi connectivity index (χ0) is 13.2. The Labute approximate surface area is 122 Å². The summed E-state index contributed by atoms with van der Waals surface area (Å²) in [6, 6.07) is 3.13. The van der Waals surface area contributed by atoms with Crippen molar-refractivity contribution in [2.75, 3.05) is 6.54 Å². The Morgan fingerprint density at radius 3 is 2.50 bits per heavy atom. The van der Waals surface area contributed by atoms with Gasteiger partial charge in [0.05, 0.1) is 4.34 Å². The summed E-state index contributed by atoms with van der Waals surface area (Å²) in [5.74, 6) is 0.394. The molecular formula is C11H15Cl2NO2S2. The predicted molar refractivity (Wildman–Crippen MR) is 76.1 cm³/mol. The molecule has 1 aromatic rings. The predicted octanol–water partition coefficient (Wildman–Crippen LogP) is 3.48. The van der Waals surface area contributed by atoms with Crippen LogP contribution in [-0.4, -0.2) is 20.3 Å². The maximum Gasteiger partial charge on any atom is 0.250 e. The minimum absolute atomic E-state index is 0.258. The molecule has 2 rings (SSSR count). The molecular weight excluding hydrogens is 313 g/mol. The van der Waals surface area contributed by atoms with Gasteiger partial charge in [-0.15, -0.1) is 22.9 Å². The lowest BCUT2D eigenvalue weighted by Crippen LogP contribution is -2.31. The van der Waals surface area contributed by atoms with Crippen LogP contribution in [0.2, 0.25) is 4.34 Å². The molecule has 1 saturated carbocycles. The van der Waals surface area contributed by atoms with Crippen molar-refractivity contribution in [3.63, 3.8) is 0 Å². The van der Waals surface area contributed by atoms with Gasteiger partial charge in [0.1, 0.15) is 4.21 Å². The van der Waals surface area contributed by atoms with Gasteiger partial charge in [-0.3, -0.25) is 0 Å². The van der Waals surface area contributed by atoms with E-state index in [0.717, 1.165) is 37.0 Å². The van der Waals surface area contributed by atoms with E-state index in [-0.39, 0.29) is 9.59 Å². The monoisotopic (exact) mass is 327 g/mol. The Kier molecular flexibility index (Phi) is 4.94. The highest BCUT2D eigenvalue weighted by Gasteiger charge is 2.22. The first-order valence-corrected chi connectivity index (χ1v) is 8.98. The number of alkyl halides is 1. The zero-order valence-corrected chi connectivity index (χ0v) is 12.9. The van der Waals surface area contributed by atoms with E-state index in [1.807, 2.05) is 0 Å². The van der Waals surface area contributed by atoms with Gasteiger partial charge in [-0.05, 0) is 43.7 Å². The summed E-state index contributed by atoms with van der Waals surface area (Å²) in [4.78, 5) is 0. The average Bonchev–Trinajstić information content (AvgIpc) is 2.76. The van der Waals surface area contributed by atoms with E-state index >= 15 is 0 Å². The lowest BCUT2D eigenvalue weighted by Gasteiger charge is -2.24. The first-order valence-electron chi connectivity index (χ1n) is 5.86. The highest BCUT2D eigenvalue weighted by Crippen LogP contribution is 2.28. The SMILES string of the molecule is O=S(=O)(NCC1CCC(Cl)CC1)c1ccc(Cl)s1. The van der Waals surface area contributed by atoms with Gasteiger partial charge < -0.3 is 0 Å². The van der Waals surface area contributed by atoms with Crippen molar-refractivity contribution >= 4 is 44.6 Å². The maximum absolute atomic E-state index is 12.0. The summed E-state index contributed by atoms with van der Waals surface area (Å²) < 4.78 is 27.3. The number of hydrogen-bond acceptors (Lipinski definition) is 3. The maximum atomic E-state index is 12.0. The molecule has 0 amide bonds. The second-order valence-electron chi connectivity index (χ2n) is 4.53. The smallest absolute Gasteiger partial charge is 0.210 e. The normalized spacial score (nSPS) is 25.2. The van der Waals surface area contributed by atoms with Crippen LogP contribution in [0.5, 0.6) is 0 Å². The molecule has 102 valence electrons. The van der Waals surface area contributed by atoms with E-state index in [1.165, 1.54) is 6.07 Å². The topological polar surface area (TPSA) is 46.2 Å². The van der Waals surface area contributed by atoms with E-state index < -0.39 is 10.0 Å². The van der Waals surface area contributed by atoms with Crippen LogP contribution in [0.15, 0.2) is 16.3 Å². The molecule has 0 atom stereocenters. The lowest BCUT2D eigenvalue weighted by molar-refractivity contribution is 0.361. The minimum atomic E-state index is -3.40. The van der Waals surface area contributed by atoms with Crippen LogP contribution in [0.25, 0.3) is 0 Å². The quantitative estimate of drug-likeness (QED) is 0.860. The Bertz CT molecular complexity index is 493. The van der Waals surface area contributed by atoms with Gasteiger partial charge in [0.15, 0.2) is 0 Å². The van der Waals surface area contributed by atoms with Gasteiger partial charge >= 0.3 is 0 Å². The molecule has 0 aromatic carbocycles. The van der Waals surface area contributed by atoms with Crippen molar-refractivity contribution < 1.29 is 8.42 Å². The molecule has 1 N–H and O–H groups in total. The molecule has 0 unspecified atom stereocenters. The van der Waals surface area contributed by atoms with Crippen LogP contribution in [0.4, 0.5) is 0 Å². The number of sulfonamides is 1. The highest BCUT2D eigenvalue weighted by atomic mass is 35.5. The molecule has 0 spiro atoms. The van der Waals surface area contributed by atoms with E-state index in [4.69, 9.17) is 23.2 Å². The van der Waals surface area contributed by atoms with Gasteiger partial charge in [-0.1, -0.05) is 11.6 Å². The first-order chi connectivity index (χ1) is 8.47. The molecule has 1 heterocycles. The van der Waals surface area contributed by atoms with Crippen LogP contribution in [0, 0.1) is 5.92 Å². The van der Waals surface area contributed by atoms with Crippen molar-refractivity contribution in [3.8, 4) is 0 Å². The molecule has 0 saturated heterocycles. The number of hydrogen-bond donors (Lipinski definition) is 1. The Morgan fingerprint density at radius 2 is 1.94 bits per heavy atom. The number of halogens is 2. The second-order valence-corrected chi connectivity index (χ2v) is 8.85. The minimum Gasteiger partial charge on any atom is -0.210 e. The molecule has 1 aromatic heterocycles. The van der Waals surface area contributed by atoms with Gasteiger partial charge in [0.2, 0.25) is 10.0 Å². The van der Waals surface area contributed by atoms with Crippen molar-refractivity contribution in [1.82, 2.24) is 4.72 Å². The molecule has 1 aliphatic rings. The Morgan fingerprint density at radius 1 is 1.28 bits per heavy atom. The summed E-state index contributed by atoms with van der Waals surface area (Å²) in [6.45, 7) is 0.488. The largest absolute Gasteiger partial charge is 0.250 e. The van der Waals surface area contributed by atoms with Gasteiger partial charge in [0, 0.05) is 11.9 Å². The van der Waals surface area contributed by atoms with Gasteiger partial charge in [-0.25, -0.2) is 13.1 Å². The third kappa shape index (κ3) is 3.84. The molecule has 3 nitrogen and oxygen atoms in total. The van der Waals surface area contributed by atoms with E-state index in [9.17, 15) is 8.42 Å². The van der Waals surface area contributed by atoms with Crippen LogP contribution in [-0.2, 0) is 10.0 Å². The summed E-state index contributed by atoms with van der Waals surface area (Å²) >= 11 is 12.8. The fourth-order valence-electron chi connectivity index (χ4n) is 2.07. The second kappa shape index (κ2) is 6.09. The molecule has 1 fully saturated rings. The molecule has 0 radical (unpaired) electrons. The molecule has 0 aliphatic heterocycles. The first kappa shape index (κ1) is 14.6. The Balaban J connectivity index is 1.90. The van der Waals surface area contributed by atoms with Gasteiger partial charge in [0.25, 0.3) is 0 Å². The van der Waals surface area contributed by atoms with Crippen LogP contribution in [0.3, 0.4) is 0 Å². The average molecular weight is 328 g/mol. The van der Waals surface area contributed by atoms with Crippen molar-refractivity contribution in [1.29, 1.82) is 0 Å². The third-order valence-corrected chi connectivity index (χ3v) is 6.73. The van der Waals surface area contributed by atoms with Crippen molar-refractivity contribution in [2.45, 2.75) is 35.3 Å². The zero-order valence-electron chi connectivity index (χ0n) is 9.73. The number of rotatable bonds is 4. The molecule has 7 heteroatoms. The highest BCUT2D eigenvalue weighted by molar-refractivity contribution is 7.91. The fourth-order valence-corrected chi connectivity index (χ4v) is 4.96. The molecule has 18 heavy (non-hydrogen) atoms. The fraction of sp³-hybridized carbons (Fsp3) is 0.636. The number of thiophene rings is 1. The standard InChI is InChI=1S/C11H15Cl2NO2S2/c12-9-3-1-8(2-4-9)7-14-18(15,16)11-6-5-10(13)17-11/h5-6,8-9,14H,1-4,7H2. The lowest BCUT2D eigenvalue weighted by atomic mass is 9.89. The van der Waals surface area contributed by atoms with Crippen molar-refractivity contribution in [2.24, 2.45) is 5.92 Å². The summed E-state index contributed by atoms with van der Waals surface area (Å²) in [5, 5.41) is 0.258. The van der Waals surface area contributed by atoms with E-state index in [0.29, 0.717) is 16.8 Å². The summed E-state index contributed by atoms with van der Waals surface area (Å²) in [5.41, 5.74) is 0. The van der Waals surface area contributed by atoms with Crippen molar-refractivity contribution in [3.05, 3.63) is 16.5 Å². The van der Waals surface area contributed by atoms with E-state index in [1.54, 1.807) is 6.07 Å². The molecule has 1 aliphatic carbocycles. The summed E-state index contributed by atoms with van der Waals surface area (Å²) in [6.07, 6.45) is 3.92. The number of nitrogens with one attached hydrogen (secondary N) is 1. The van der Waals surface area contributed by atoms with E-state index in [2.05, 4.69) is 4.72 Å². The van der Waals surface area contributed by atoms with Gasteiger partial charge in [-0.2, -0.15) is 0 Å². The molecule has 0 bridgehead atoms. The van der Waals surface area contributed by atoms with Crippen LogP contribution >= 0.6 is 34.5 Å². The van der Waals surface area contributed by atoms with Crippen LogP contribution < -0.4 is 4.72 Å². The third-order valence-electron chi connectivity index (χ3n) is 3.15.